The topological polar surface area (TPSA) is 92.2 Å². The van der Waals surface area contributed by atoms with E-state index in [4.69, 9.17) is 27.9 Å². The lowest BCUT2D eigenvalue weighted by molar-refractivity contribution is -0.122. The van der Waals surface area contributed by atoms with Gasteiger partial charge < -0.3 is 15.4 Å². The number of nitrogens with zero attached hydrogens (tertiary/aromatic N) is 2. The Morgan fingerprint density at radius 1 is 1.28 bits per heavy atom. The van der Waals surface area contributed by atoms with Crippen LogP contribution in [-0.2, 0) is 9.59 Å². The summed E-state index contributed by atoms with van der Waals surface area (Å²) in [6.45, 7) is 0. The Kier molecular flexibility index (Phi) is 7.13. The summed E-state index contributed by atoms with van der Waals surface area (Å²) in [7, 11) is 1.59. The first-order chi connectivity index (χ1) is 14.0. The molecule has 1 aliphatic heterocycles. The number of ether oxygens (including phenoxy) is 1. The molecule has 2 amide bonds. The molecule has 0 saturated carbocycles. The Hall–Kier alpha value is -2.55. The van der Waals surface area contributed by atoms with E-state index in [2.05, 4.69) is 20.8 Å². The standard InChI is InChI=1S/C19H16Cl2N4O3S/c1-28-12-7-5-11(6-8-12)10-22-25-19-24-18(27)15(29-19)9-16(26)23-14-4-2-3-13(20)17(14)21/h2-8,10,15H,9H2,1H3,(H,23,26)(H,24,25,27)/b22-10+. The molecule has 29 heavy (non-hydrogen) atoms. The van der Waals surface area contributed by atoms with Crippen LogP contribution in [0, 0.1) is 0 Å². The van der Waals surface area contributed by atoms with Crippen LogP contribution in [0.2, 0.25) is 10.0 Å². The second-order valence-electron chi connectivity index (χ2n) is 5.87. The second kappa shape index (κ2) is 9.78. The van der Waals surface area contributed by atoms with E-state index in [1.807, 2.05) is 12.1 Å². The van der Waals surface area contributed by atoms with E-state index in [0.29, 0.717) is 15.9 Å². The third-order valence-corrected chi connectivity index (χ3v) is 5.74. The third kappa shape index (κ3) is 5.72. The van der Waals surface area contributed by atoms with Crippen LogP contribution in [0.3, 0.4) is 0 Å². The van der Waals surface area contributed by atoms with Gasteiger partial charge in [0.1, 0.15) is 11.0 Å². The normalized spacial score (nSPS) is 17.6. The van der Waals surface area contributed by atoms with Crippen LogP contribution in [-0.4, -0.2) is 35.6 Å². The molecule has 1 fully saturated rings. The summed E-state index contributed by atoms with van der Waals surface area (Å²) < 4.78 is 5.09. The van der Waals surface area contributed by atoms with Gasteiger partial charge >= 0.3 is 0 Å². The molecule has 0 spiro atoms. The van der Waals surface area contributed by atoms with Gasteiger partial charge in [0.05, 0.1) is 29.1 Å². The highest BCUT2D eigenvalue weighted by Gasteiger charge is 2.32. The maximum Gasteiger partial charge on any atom is 0.240 e. The van der Waals surface area contributed by atoms with Crippen molar-refractivity contribution >= 4 is 63.8 Å². The van der Waals surface area contributed by atoms with Crippen LogP contribution < -0.4 is 15.4 Å². The van der Waals surface area contributed by atoms with Gasteiger partial charge in [-0.15, -0.1) is 5.10 Å². The summed E-state index contributed by atoms with van der Waals surface area (Å²) in [6.07, 6.45) is 1.51. The zero-order valence-corrected chi connectivity index (χ0v) is 17.5. The molecule has 1 saturated heterocycles. The highest BCUT2D eigenvalue weighted by atomic mass is 35.5. The van der Waals surface area contributed by atoms with E-state index in [1.54, 1.807) is 43.7 Å². The van der Waals surface area contributed by atoms with Crippen molar-refractivity contribution in [1.82, 2.24) is 5.32 Å². The summed E-state index contributed by atoms with van der Waals surface area (Å²) in [5.74, 6) is 0.0813. The molecule has 3 rings (SSSR count). The van der Waals surface area contributed by atoms with Gasteiger partial charge in [-0.05, 0) is 42.0 Å². The molecule has 2 N–H and O–H groups in total. The Labute approximate surface area is 181 Å². The summed E-state index contributed by atoms with van der Waals surface area (Å²) in [5, 5.41) is 13.5. The molecule has 2 aromatic carbocycles. The average Bonchev–Trinajstić information content (AvgIpc) is 3.05. The van der Waals surface area contributed by atoms with Crippen LogP contribution in [0.5, 0.6) is 5.75 Å². The minimum absolute atomic E-state index is 0.0411. The van der Waals surface area contributed by atoms with Crippen molar-refractivity contribution < 1.29 is 14.3 Å². The summed E-state index contributed by atoms with van der Waals surface area (Å²) >= 11 is 13.1. The maximum atomic E-state index is 12.2. The Bertz CT molecular complexity index is 980. The Balaban J connectivity index is 1.56. The second-order valence-corrected chi connectivity index (χ2v) is 7.85. The van der Waals surface area contributed by atoms with Gasteiger partial charge in [-0.2, -0.15) is 5.10 Å². The maximum absolute atomic E-state index is 12.2. The lowest BCUT2D eigenvalue weighted by Gasteiger charge is -2.09. The third-order valence-electron chi connectivity index (χ3n) is 3.84. The predicted molar refractivity (Wildman–Crippen MR) is 117 cm³/mol. The number of carbonyl (C=O) groups is 2. The van der Waals surface area contributed by atoms with E-state index in [0.717, 1.165) is 23.1 Å². The molecule has 0 aromatic heterocycles. The predicted octanol–water partition coefficient (Wildman–Crippen LogP) is 3.95. The number of hydrogen-bond acceptors (Lipinski definition) is 6. The number of anilines is 1. The number of amides is 2. The fraction of sp³-hybridized carbons (Fsp3) is 0.158. The van der Waals surface area contributed by atoms with Gasteiger partial charge in [-0.3, -0.25) is 9.59 Å². The van der Waals surface area contributed by atoms with Crippen molar-refractivity contribution in [3.05, 3.63) is 58.1 Å². The van der Waals surface area contributed by atoms with E-state index >= 15 is 0 Å². The number of benzene rings is 2. The van der Waals surface area contributed by atoms with E-state index in [-0.39, 0.29) is 23.3 Å². The van der Waals surface area contributed by atoms with Crippen molar-refractivity contribution in [2.24, 2.45) is 10.2 Å². The number of nitrogens with one attached hydrogen (secondary N) is 2. The molecular weight excluding hydrogens is 435 g/mol. The summed E-state index contributed by atoms with van der Waals surface area (Å²) in [6, 6.07) is 12.2. The number of halogens is 2. The first-order valence-corrected chi connectivity index (χ1v) is 10.1. The lowest BCUT2D eigenvalue weighted by Crippen LogP contribution is -2.28. The monoisotopic (exact) mass is 450 g/mol. The molecule has 0 aliphatic carbocycles. The SMILES string of the molecule is COc1ccc(/C=N/N=C2\NC(=O)C(CC(=O)Nc3cccc(Cl)c3Cl)S2)cc1. The molecule has 2 aromatic rings. The minimum Gasteiger partial charge on any atom is -0.497 e. The van der Waals surface area contributed by atoms with E-state index < -0.39 is 5.25 Å². The Morgan fingerprint density at radius 2 is 2.03 bits per heavy atom. The number of thioether (sulfide) groups is 1. The van der Waals surface area contributed by atoms with Crippen molar-refractivity contribution in [3.63, 3.8) is 0 Å². The van der Waals surface area contributed by atoms with Gasteiger partial charge in [0.15, 0.2) is 5.17 Å². The molecule has 0 bridgehead atoms. The first kappa shape index (κ1) is 21.2. The summed E-state index contributed by atoms with van der Waals surface area (Å²) in [4.78, 5) is 24.3. The first-order valence-electron chi connectivity index (χ1n) is 8.42. The fourth-order valence-corrected chi connectivity index (χ4v) is 3.67. The molecule has 1 atom stereocenters. The van der Waals surface area contributed by atoms with Crippen LogP contribution >= 0.6 is 35.0 Å². The molecule has 0 radical (unpaired) electrons. The molecule has 7 nitrogen and oxygen atoms in total. The lowest BCUT2D eigenvalue weighted by atomic mass is 10.2. The van der Waals surface area contributed by atoms with Gasteiger partial charge in [-0.1, -0.05) is 41.0 Å². The molecule has 10 heteroatoms. The minimum atomic E-state index is -0.608. The largest absolute Gasteiger partial charge is 0.497 e. The molecule has 1 unspecified atom stereocenters. The van der Waals surface area contributed by atoms with Crippen molar-refractivity contribution in [2.75, 3.05) is 12.4 Å². The van der Waals surface area contributed by atoms with E-state index in [9.17, 15) is 9.59 Å². The average molecular weight is 451 g/mol. The number of hydrogen-bond donors (Lipinski definition) is 2. The number of rotatable bonds is 6. The van der Waals surface area contributed by atoms with Gasteiger partial charge in [0.2, 0.25) is 11.8 Å². The van der Waals surface area contributed by atoms with Gasteiger partial charge in [0.25, 0.3) is 0 Å². The van der Waals surface area contributed by atoms with Crippen LogP contribution in [0.4, 0.5) is 5.69 Å². The van der Waals surface area contributed by atoms with Gasteiger partial charge in [-0.25, -0.2) is 0 Å². The molecule has 1 aliphatic rings. The fourth-order valence-electron chi connectivity index (χ4n) is 2.39. The molecule has 150 valence electrons. The quantitative estimate of drug-likeness (QED) is 0.514. The highest BCUT2D eigenvalue weighted by Crippen LogP contribution is 2.30. The van der Waals surface area contributed by atoms with Gasteiger partial charge in [0, 0.05) is 6.42 Å². The Morgan fingerprint density at radius 3 is 2.76 bits per heavy atom. The van der Waals surface area contributed by atoms with Crippen LogP contribution in [0.25, 0.3) is 0 Å². The molecular formula is C19H16Cl2N4O3S. The molecule has 1 heterocycles. The zero-order valence-electron chi connectivity index (χ0n) is 15.2. The van der Waals surface area contributed by atoms with Crippen molar-refractivity contribution in [2.45, 2.75) is 11.7 Å². The number of methoxy groups -OCH3 is 1. The summed E-state index contributed by atoms with van der Waals surface area (Å²) in [5.41, 5.74) is 1.23. The van der Waals surface area contributed by atoms with Crippen LogP contribution in [0.1, 0.15) is 12.0 Å². The van der Waals surface area contributed by atoms with E-state index in [1.165, 1.54) is 0 Å². The van der Waals surface area contributed by atoms with Crippen molar-refractivity contribution in [1.29, 1.82) is 0 Å². The number of carbonyl (C=O) groups excluding carboxylic acids is 2. The van der Waals surface area contributed by atoms with Crippen LogP contribution in [0.15, 0.2) is 52.7 Å². The zero-order chi connectivity index (χ0) is 20.8. The smallest absolute Gasteiger partial charge is 0.240 e. The highest BCUT2D eigenvalue weighted by molar-refractivity contribution is 8.15. The van der Waals surface area contributed by atoms with Crippen molar-refractivity contribution in [3.8, 4) is 5.75 Å². The number of amidine groups is 1.